The maximum Gasteiger partial charge on any atom is 0.542 e. The van der Waals surface area contributed by atoms with Crippen LogP contribution in [0.3, 0.4) is 0 Å². The smallest absolute Gasteiger partial charge is 0.345 e. The average molecular weight is 431 g/mol. The molecule has 1 rings (SSSR count). The first-order valence-electron chi connectivity index (χ1n) is 7.39. The molecule has 0 bridgehead atoms. The number of hydrogen-bond donors (Lipinski definition) is 2. The van der Waals surface area contributed by atoms with Crippen molar-refractivity contribution in [3.63, 3.8) is 0 Å². The number of aliphatic hydroxyl groups is 1. The van der Waals surface area contributed by atoms with Crippen molar-refractivity contribution < 1.29 is 23.6 Å². The van der Waals surface area contributed by atoms with Crippen LogP contribution in [0.25, 0.3) is 0 Å². The lowest BCUT2D eigenvalue weighted by atomic mass is 10.2. The molecule has 0 saturated carbocycles. The van der Waals surface area contributed by atoms with Crippen LogP contribution in [-0.2, 0) is 25.4 Å². The Morgan fingerprint density at radius 2 is 1.75 bits per heavy atom. The molecule has 0 aliphatic rings. The minimum atomic E-state index is -2.53. The molecule has 2 N–H and O–H groups in total. The van der Waals surface area contributed by atoms with Gasteiger partial charge in [0, 0.05) is 10.6 Å². The molecule has 5 nitrogen and oxygen atoms in total. The van der Waals surface area contributed by atoms with Crippen LogP contribution >= 0.6 is 36.9 Å². The quantitative estimate of drug-likeness (QED) is 0.300. The first kappa shape index (κ1) is 24.5. The summed E-state index contributed by atoms with van der Waals surface area (Å²) in [6.45, 7) is 7.32. The van der Waals surface area contributed by atoms with Crippen LogP contribution < -0.4 is 0 Å². The zero-order chi connectivity index (χ0) is 18.4. The standard InChI is InChI=1S/C7H7O3P.C7H17O2PS3/c8-7(11(9)10)6-4-2-1-3-5-6;1-4-8-10(11,9-5-2)13-7-12-6-3/h1-5,7-8H;4-7H2,1-3H3/p+1. The van der Waals surface area contributed by atoms with Gasteiger partial charge < -0.3 is 14.2 Å². The van der Waals surface area contributed by atoms with E-state index in [9.17, 15) is 4.57 Å². The number of rotatable bonds is 10. The number of benzene rings is 1. The van der Waals surface area contributed by atoms with Gasteiger partial charge in [0.15, 0.2) is 0 Å². The highest BCUT2D eigenvalue weighted by Gasteiger charge is 2.27. The fourth-order valence-corrected chi connectivity index (χ4v) is 8.84. The van der Waals surface area contributed by atoms with E-state index in [0.29, 0.717) is 18.8 Å². The fourth-order valence-electron chi connectivity index (χ4n) is 1.37. The molecule has 0 heterocycles. The van der Waals surface area contributed by atoms with Crippen molar-refractivity contribution >= 4 is 48.7 Å². The Kier molecular flexibility index (Phi) is 15.0. The van der Waals surface area contributed by atoms with Crippen molar-refractivity contribution in [2.24, 2.45) is 0 Å². The minimum Gasteiger partial charge on any atom is -0.345 e. The summed E-state index contributed by atoms with van der Waals surface area (Å²) < 4.78 is 21.3. The summed E-state index contributed by atoms with van der Waals surface area (Å²) in [4.78, 5) is 8.53. The Morgan fingerprint density at radius 3 is 2.17 bits per heavy atom. The van der Waals surface area contributed by atoms with E-state index in [1.165, 1.54) is 0 Å². The zero-order valence-corrected chi connectivity index (χ0v) is 18.3. The molecule has 1 aromatic carbocycles. The lowest BCUT2D eigenvalue weighted by Crippen LogP contribution is -1.92. The van der Waals surface area contributed by atoms with Crippen molar-refractivity contribution in [1.29, 1.82) is 0 Å². The second-order valence-electron chi connectivity index (χ2n) is 4.11. The second kappa shape index (κ2) is 14.7. The van der Waals surface area contributed by atoms with E-state index in [2.05, 4.69) is 6.92 Å². The van der Waals surface area contributed by atoms with Gasteiger partial charge in [-0.05, 0) is 36.0 Å². The maximum absolute atomic E-state index is 10.4. The molecule has 24 heavy (non-hydrogen) atoms. The summed E-state index contributed by atoms with van der Waals surface area (Å²) >= 11 is 8.82. The van der Waals surface area contributed by atoms with Gasteiger partial charge in [-0.15, -0.1) is 0 Å². The predicted molar refractivity (Wildman–Crippen MR) is 109 cm³/mol. The van der Waals surface area contributed by atoms with Crippen LogP contribution in [0.15, 0.2) is 30.3 Å². The maximum atomic E-state index is 10.4. The van der Waals surface area contributed by atoms with Gasteiger partial charge in [0.05, 0.1) is 13.2 Å². The fraction of sp³-hybridized carbons (Fsp3) is 0.571. The summed E-state index contributed by atoms with van der Waals surface area (Å²) in [6, 6.07) is 8.40. The monoisotopic (exact) mass is 431 g/mol. The number of aliphatic hydroxyl groups excluding tert-OH is 1. The minimum absolute atomic E-state index is 0.469. The van der Waals surface area contributed by atoms with E-state index in [4.69, 9.17) is 30.9 Å². The van der Waals surface area contributed by atoms with Crippen LogP contribution in [0.5, 0.6) is 0 Å². The van der Waals surface area contributed by atoms with Crippen molar-refractivity contribution in [3.8, 4) is 0 Å². The molecule has 0 saturated heterocycles. The SMILES string of the molecule is CCOP(=S)(OCC)SCSCC.O=[P+](O)C(O)c1ccccc1. The molecule has 1 aromatic rings. The van der Waals surface area contributed by atoms with Crippen LogP contribution in [-0.4, -0.2) is 34.1 Å². The third-order valence-corrected chi connectivity index (χ3v) is 10.2. The van der Waals surface area contributed by atoms with Crippen LogP contribution in [0, 0.1) is 0 Å². The molecule has 10 heteroatoms. The Morgan fingerprint density at radius 1 is 1.21 bits per heavy atom. The van der Waals surface area contributed by atoms with Gasteiger partial charge in [-0.2, -0.15) is 16.7 Å². The Balaban J connectivity index is 0.000000446. The van der Waals surface area contributed by atoms with Crippen molar-refractivity contribution in [3.05, 3.63) is 35.9 Å². The third kappa shape index (κ3) is 11.2. The van der Waals surface area contributed by atoms with Crippen LogP contribution in [0.1, 0.15) is 32.2 Å². The van der Waals surface area contributed by atoms with Crippen molar-refractivity contribution in [1.82, 2.24) is 0 Å². The van der Waals surface area contributed by atoms with E-state index in [-0.39, 0.29) is 0 Å². The van der Waals surface area contributed by atoms with Crippen molar-refractivity contribution in [2.75, 3.05) is 24.1 Å². The summed E-state index contributed by atoms with van der Waals surface area (Å²) in [5, 5.41) is 10.0. The van der Waals surface area contributed by atoms with Crippen LogP contribution in [0.4, 0.5) is 0 Å². The van der Waals surface area contributed by atoms with Gasteiger partial charge in [-0.25, -0.2) is 0 Å². The first-order chi connectivity index (χ1) is 11.4. The van der Waals surface area contributed by atoms with Gasteiger partial charge in [0.2, 0.25) is 5.69 Å². The first-order valence-corrected chi connectivity index (χ1v) is 14.1. The zero-order valence-electron chi connectivity index (χ0n) is 14.0. The number of hydrogen-bond acceptors (Lipinski definition) is 7. The van der Waals surface area contributed by atoms with Crippen molar-refractivity contribution in [2.45, 2.75) is 26.6 Å². The molecule has 2 atom stereocenters. The van der Waals surface area contributed by atoms with Gasteiger partial charge in [0.1, 0.15) is 0 Å². The molecule has 0 radical (unpaired) electrons. The van der Waals surface area contributed by atoms with Gasteiger partial charge >= 0.3 is 13.9 Å². The highest BCUT2D eigenvalue weighted by Crippen LogP contribution is 2.61. The topological polar surface area (TPSA) is 76.0 Å². The van der Waals surface area contributed by atoms with E-state index in [1.807, 2.05) is 25.6 Å². The van der Waals surface area contributed by atoms with E-state index in [1.54, 1.807) is 41.7 Å². The lowest BCUT2D eigenvalue weighted by Gasteiger charge is -2.19. The second-order valence-corrected chi connectivity index (χ2v) is 13.2. The highest BCUT2D eigenvalue weighted by atomic mass is 32.9. The third-order valence-electron chi connectivity index (χ3n) is 2.38. The van der Waals surface area contributed by atoms with Gasteiger partial charge in [-0.3, -0.25) is 0 Å². The summed E-state index contributed by atoms with van der Waals surface area (Å²) in [5.41, 5.74) is -1.55. The molecule has 0 amide bonds. The van der Waals surface area contributed by atoms with Gasteiger partial charge in [-0.1, -0.05) is 48.6 Å². The normalized spacial score (nSPS) is 13.0. The van der Waals surface area contributed by atoms with E-state index in [0.717, 1.165) is 10.8 Å². The van der Waals surface area contributed by atoms with Crippen LogP contribution in [0.2, 0.25) is 0 Å². The molecular formula is C14H25O5P2S3+. The van der Waals surface area contributed by atoms with Gasteiger partial charge in [0.25, 0.3) is 0 Å². The summed E-state index contributed by atoms with van der Waals surface area (Å²) in [5.74, 6) is -0.146. The average Bonchev–Trinajstić information content (AvgIpc) is 2.56. The number of thioether (sulfide) groups is 1. The summed E-state index contributed by atoms with van der Waals surface area (Å²) in [6.07, 6.45) is 0. The molecule has 2 unspecified atom stereocenters. The predicted octanol–water partition coefficient (Wildman–Crippen LogP) is 5.14. The molecule has 0 spiro atoms. The molecule has 0 aliphatic carbocycles. The summed E-state index contributed by atoms with van der Waals surface area (Å²) in [7, 11) is -2.53. The molecule has 0 aromatic heterocycles. The van der Waals surface area contributed by atoms with E-state index >= 15 is 0 Å². The Hall–Kier alpha value is 0.510. The van der Waals surface area contributed by atoms with E-state index < -0.39 is 19.6 Å². The Labute approximate surface area is 158 Å². The highest BCUT2D eigenvalue weighted by molar-refractivity contribution is 8.69. The molecule has 0 aliphatic heterocycles. The largest absolute Gasteiger partial charge is 0.542 e. The molecular weight excluding hydrogens is 406 g/mol. The Bertz CT molecular complexity index is 494. The molecule has 138 valence electrons. The molecule has 0 fully saturated rings. The lowest BCUT2D eigenvalue weighted by molar-refractivity contribution is 0.243.